The summed E-state index contributed by atoms with van der Waals surface area (Å²) in [5.74, 6) is 0.594. The van der Waals surface area contributed by atoms with Crippen molar-refractivity contribution in [3.8, 4) is 0 Å². The number of halogens is 2. The Morgan fingerprint density at radius 1 is 1.03 bits per heavy atom. The number of benzene rings is 1. The zero-order valence-corrected chi connectivity index (χ0v) is 19.6. The molecule has 4 rings (SSSR count). The first-order chi connectivity index (χ1) is 14.9. The molecule has 1 amide bonds. The third-order valence-electron chi connectivity index (χ3n) is 4.99. The number of aryl methyl sites for hydroxylation is 2. The summed E-state index contributed by atoms with van der Waals surface area (Å²) in [6, 6.07) is 7.53. The van der Waals surface area contributed by atoms with Crippen LogP contribution in [0.2, 0.25) is 10.0 Å². The Hall–Kier alpha value is -2.42. The number of nitrogens with one attached hydrogen (secondary N) is 1. The lowest BCUT2D eigenvalue weighted by molar-refractivity contribution is -0.130. The zero-order valence-electron chi connectivity index (χ0n) is 17.2. The molecule has 0 spiro atoms. The molecule has 1 aliphatic heterocycles. The van der Waals surface area contributed by atoms with E-state index in [-0.39, 0.29) is 12.3 Å². The van der Waals surface area contributed by atoms with E-state index in [9.17, 15) is 4.79 Å². The van der Waals surface area contributed by atoms with Gasteiger partial charge in [-0.15, -0.1) is 11.3 Å². The third-order valence-corrected chi connectivity index (χ3v) is 6.53. The normalized spacial score (nSPS) is 14.1. The second-order valence-corrected chi connectivity index (χ2v) is 9.06. The fourth-order valence-corrected chi connectivity index (χ4v) is 4.48. The van der Waals surface area contributed by atoms with Crippen LogP contribution >= 0.6 is 34.5 Å². The van der Waals surface area contributed by atoms with E-state index >= 15 is 0 Å². The first-order valence-corrected chi connectivity index (χ1v) is 11.5. The van der Waals surface area contributed by atoms with Gasteiger partial charge in [0.1, 0.15) is 0 Å². The number of nitrogens with zero attached hydrogens (tertiary/aromatic N) is 5. The van der Waals surface area contributed by atoms with E-state index in [1.54, 1.807) is 6.07 Å². The molecule has 3 aromatic rings. The maximum atomic E-state index is 12.8. The molecule has 1 aromatic carbocycles. The Balaban J connectivity index is 1.31. The van der Waals surface area contributed by atoms with Crippen LogP contribution in [0.5, 0.6) is 0 Å². The summed E-state index contributed by atoms with van der Waals surface area (Å²) >= 11 is 13.6. The van der Waals surface area contributed by atoms with Crippen LogP contribution in [0.1, 0.15) is 17.1 Å². The monoisotopic (exact) mass is 476 g/mol. The van der Waals surface area contributed by atoms with Crippen LogP contribution in [-0.2, 0) is 11.2 Å². The van der Waals surface area contributed by atoms with E-state index in [0.717, 1.165) is 35.9 Å². The lowest BCUT2D eigenvalue weighted by atomic mass is 10.2. The Morgan fingerprint density at radius 3 is 2.42 bits per heavy atom. The predicted octanol–water partition coefficient (Wildman–Crippen LogP) is 4.49. The van der Waals surface area contributed by atoms with Crippen molar-refractivity contribution in [1.82, 2.24) is 19.9 Å². The Kier molecular flexibility index (Phi) is 6.60. The quantitative estimate of drug-likeness (QED) is 0.584. The molecule has 1 fully saturated rings. The van der Waals surface area contributed by atoms with Gasteiger partial charge in [-0.2, -0.15) is 0 Å². The SMILES string of the molecule is Cc1cc(C)nc(Nc2nc(CC(=O)N3CCN(c4ccc(Cl)c(Cl)c4)CC3)cs2)n1. The third kappa shape index (κ3) is 5.44. The van der Waals surface area contributed by atoms with E-state index in [2.05, 4.69) is 25.2 Å². The van der Waals surface area contributed by atoms with Crippen LogP contribution in [-0.4, -0.2) is 51.9 Å². The molecule has 0 aliphatic carbocycles. The molecule has 31 heavy (non-hydrogen) atoms. The molecule has 2 aromatic heterocycles. The van der Waals surface area contributed by atoms with Crippen LogP contribution in [0.15, 0.2) is 29.6 Å². The van der Waals surface area contributed by atoms with Crippen molar-refractivity contribution in [1.29, 1.82) is 0 Å². The molecule has 1 N–H and O–H groups in total. The van der Waals surface area contributed by atoms with Crippen molar-refractivity contribution in [2.45, 2.75) is 20.3 Å². The molecule has 3 heterocycles. The lowest BCUT2D eigenvalue weighted by Crippen LogP contribution is -2.49. The second-order valence-electron chi connectivity index (χ2n) is 7.39. The summed E-state index contributed by atoms with van der Waals surface area (Å²) in [5.41, 5.74) is 3.54. The minimum atomic E-state index is 0.0771. The number of anilines is 3. The first-order valence-electron chi connectivity index (χ1n) is 9.89. The fraction of sp³-hybridized carbons (Fsp3) is 0.333. The van der Waals surface area contributed by atoms with Gasteiger partial charge in [0.15, 0.2) is 5.13 Å². The van der Waals surface area contributed by atoms with E-state index in [1.165, 1.54) is 11.3 Å². The molecule has 0 atom stereocenters. The zero-order chi connectivity index (χ0) is 22.0. The molecule has 10 heteroatoms. The number of hydrogen-bond donors (Lipinski definition) is 1. The Bertz CT molecular complexity index is 1080. The smallest absolute Gasteiger partial charge is 0.229 e. The fourth-order valence-electron chi connectivity index (χ4n) is 3.49. The molecule has 1 aliphatic rings. The van der Waals surface area contributed by atoms with Crippen LogP contribution < -0.4 is 10.2 Å². The molecule has 0 bridgehead atoms. The van der Waals surface area contributed by atoms with Gasteiger partial charge in [-0.3, -0.25) is 4.79 Å². The number of amides is 1. The molecule has 7 nitrogen and oxygen atoms in total. The highest BCUT2D eigenvalue weighted by Gasteiger charge is 2.22. The summed E-state index contributed by atoms with van der Waals surface area (Å²) in [4.78, 5) is 30.1. The van der Waals surface area contributed by atoms with E-state index in [4.69, 9.17) is 23.2 Å². The topological polar surface area (TPSA) is 74.2 Å². The standard InChI is InChI=1S/C21H22Cl2N6OS/c1-13-9-14(2)25-20(24-13)27-21-26-15(12-31-21)10-19(30)29-7-5-28(6-8-29)16-3-4-17(22)18(23)11-16/h3-4,9,11-12H,5-8,10H2,1-2H3,(H,24,25,26,27). The first kappa shape index (κ1) is 21.8. The molecule has 0 unspecified atom stereocenters. The Labute approximate surface area is 195 Å². The highest BCUT2D eigenvalue weighted by Crippen LogP contribution is 2.28. The molecule has 1 saturated heterocycles. The van der Waals surface area contributed by atoms with E-state index in [1.807, 2.05) is 42.3 Å². The number of carbonyl (C=O) groups is 1. The molecular formula is C21H22Cl2N6OS. The number of carbonyl (C=O) groups excluding carboxylic acids is 1. The van der Waals surface area contributed by atoms with Gasteiger partial charge < -0.3 is 15.1 Å². The number of aromatic nitrogens is 3. The number of thiazole rings is 1. The highest BCUT2D eigenvalue weighted by atomic mass is 35.5. The summed E-state index contributed by atoms with van der Waals surface area (Å²) in [6.07, 6.45) is 0.276. The number of rotatable bonds is 5. The van der Waals surface area contributed by atoms with Gasteiger partial charge in [0.25, 0.3) is 0 Å². The minimum Gasteiger partial charge on any atom is -0.368 e. The summed E-state index contributed by atoms with van der Waals surface area (Å²) in [7, 11) is 0. The van der Waals surface area contributed by atoms with Gasteiger partial charge in [-0.1, -0.05) is 23.2 Å². The van der Waals surface area contributed by atoms with Crippen LogP contribution in [0.3, 0.4) is 0 Å². The lowest BCUT2D eigenvalue weighted by Gasteiger charge is -2.36. The minimum absolute atomic E-state index is 0.0771. The molecule has 162 valence electrons. The maximum absolute atomic E-state index is 12.8. The second kappa shape index (κ2) is 9.38. The Morgan fingerprint density at radius 2 is 1.74 bits per heavy atom. The van der Waals surface area contributed by atoms with Gasteiger partial charge in [-0.05, 0) is 38.1 Å². The summed E-state index contributed by atoms with van der Waals surface area (Å²) in [6.45, 7) is 6.66. The highest BCUT2D eigenvalue weighted by molar-refractivity contribution is 7.13. The van der Waals surface area contributed by atoms with E-state index in [0.29, 0.717) is 34.2 Å². The predicted molar refractivity (Wildman–Crippen MR) is 126 cm³/mol. The van der Waals surface area contributed by atoms with Crippen molar-refractivity contribution in [2.75, 3.05) is 36.4 Å². The van der Waals surface area contributed by atoms with Crippen molar-refractivity contribution >= 4 is 57.2 Å². The van der Waals surface area contributed by atoms with Crippen molar-refractivity contribution in [3.63, 3.8) is 0 Å². The molecular weight excluding hydrogens is 455 g/mol. The van der Waals surface area contributed by atoms with Crippen LogP contribution in [0.4, 0.5) is 16.8 Å². The van der Waals surface area contributed by atoms with Crippen LogP contribution in [0.25, 0.3) is 0 Å². The summed E-state index contributed by atoms with van der Waals surface area (Å²) < 4.78 is 0. The average Bonchev–Trinajstić information content (AvgIpc) is 3.16. The molecule has 0 saturated carbocycles. The van der Waals surface area contributed by atoms with Crippen molar-refractivity contribution in [2.24, 2.45) is 0 Å². The van der Waals surface area contributed by atoms with Gasteiger partial charge >= 0.3 is 0 Å². The largest absolute Gasteiger partial charge is 0.368 e. The number of piperazine rings is 1. The van der Waals surface area contributed by atoms with Gasteiger partial charge in [0.2, 0.25) is 11.9 Å². The maximum Gasteiger partial charge on any atom is 0.229 e. The van der Waals surface area contributed by atoms with Crippen molar-refractivity contribution in [3.05, 3.63) is 56.8 Å². The van der Waals surface area contributed by atoms with Crippen LogP contribution in [0, 0.1) is 13.8 Å². The van der Waals surface area contributed by atoms with Crippen molar-refractivity contribution < 1.29 is 4.79 Å². The summed E-state index contributed by atoms with van der Waals surface area (Å²) in [5, 5.41) is 6.78. The molecule has 0 radical (unpaired) electrons. The van der Waals surface area contributed by atoms with Gasteiger partial charge in [0.05, 0.1) is 22.2 Å². The average molecular weight is 477 g/mol. The van der Waals surface area contributed by atoms with Gasteiger partial charge in [0, 0.05) is 48.6 Å². The van der Waals surface area contributed by atoms with Gasteiger partial charge in [-0.25, -0.2) is 15.0 Å². The van der Waals surface area contributed by atoms with E-state index < -0.39 is 0 Å². The number of hydrogen-bond acceptors (Lipinski definition) is 7.